The molecule has 3 N–H and O–H groups in total. The SMILES string of the molecule is Cc1ncsc1-c1ccc(CNC(=O)[C@@H]2C[C@@H](O)CN2C(=O)[C@@H](NC(=O)COCCOCCCCOc2ccc(N3C(=S)N(c4ccc(C#N)c(C(F)(F)F)c4F)C(=O)C3(C)C)cn2)C(C)(C)C)cc1. The first-order valence-corrected chi connectivity index (χ1v) is 23.6. The highest BCUT2D eigenvalue weighted by Gasteiger charge is 2.52. The highest BCUT2D eigenvalue weighted by molar-refractivity contribution is 7.81. The van der Waals surface area contributed by atoms with Gasteiger partial charge in [0, 0.05) is 32.2 Å². The van der Waals surface area contributed by atoms with Crippen LogP contribution < -0.4 is 25.2 Å². The van der Waals surface area contributed by atoms with E-state index in [0.717, 1.165) is 33.8 Å². The second kappa shape index (κ2) is 22.3. The zero-order valence-electron chi connectivity index (χ0n) is 39.4. The maximum Gasteiger partial charge on any atom is 0.420 e. The number of hydrogen-bond donors (Lipinski definition) is 3. The van der Waals surface area contributed by atoms with Crippen molar-refractivity contribution < 1.29 is 56.1 Å². The summed E-state index contributed by atoms with van der Waals surface area (Å²) < 4.78 is 73.4. The number of aromatic nitrogens is 2. The van der Waals surface area contributed by atoms with E-state index in [1.54, 1.807) is 43.7 Å². The maximum absolute atomic E-state index is 15.3. The van der Waals surface area contributed by atoms with Crippen molar-refractivity contribution >= 4 is 63.7 Å². The maximum atomic E-state index is 15.3. The average Bonchev–Trinajstić information content (AvgIpc) is 3.97. The Morgan fingerprint density at radius 2 is 1.71 bits per heavy atom. The highest BCUT2D eigenvalue weighted by atomic mass is 32.1. The van der Waals surface area contributed by atoms with Crippen molar-refractivity contribution in [1.82, 2.24) is 25.5 Å². The standard InChI is InChI=1S/C48H54F4N8O8S2/c1-28-40(70-27-56-28)30-11-9-29(10-12-30)23-55-42(63)35-21-33(61)25-58(35)43(64)41(46(2,3)4)57-36(62)26-67-20-19-66-17-7-8-18-68-37-16-14-32(24-54-37)60-45(69)59(44(65)47(60,5)6)34-15-13-31(22-53)38(39(34)49)48(50,51)52/h9-16,24,27,33,35,41,61H,7-8,17-21,23,25-26H2,1-6H3,(H,55,63)(H,57,62)/t33-,35+,41-/m1/s1. The van der Waals surface area contributed by atoms with Gasteiger partial charge < -0.3 is 39.8 Å². The molecule has 4 amide bonds. The molecular formula is C48H54F4N8O8S2. The lowest BCUT2D eigenvalue weighted by molar-refractivity contribution is -0.144. The van der Waals surface area contributed by atoms with Crippen LogP contribution in [0.2, 0.25) is 0 Å². The van der Waals surface area contributed by atoms with Gasteiger partial charge in [-0.05, 0) is 80.6 Å². The lowest BCUT2D eigenvalue weighted by Gasteiger charge is -2.35. The second-order valence-corrected chi connectivity index (χ2v) is 19.5. The summed E-state index contributed by atoms with van der Waals surface area (Å²) in [6.45, 7) is 11.0. The van der Waals surface area contributed by atoms with Crippen molar-refractivity contribution in [2.75, 3.05) is 49.4 Å². The van der Waals surface area contributed by atoms with Crippen LogP contribution >= 0.6 is 23.6 Å². The van der Waals surface area contributed by atoms with E-state index < -0.39 is 81.6 Å². The number of anilines is 2. The molecule has 374 valence electrons. The third-order valence-corrected chi connectivity index (χ3v) is 13.0. The summed E-state index contributed by atoms with van der Waals surface area (Å²) >= 11 is 7.03. The van der Waals surface area contributed by atoms with E-state index in [9.17, 15) is 37.5 Å². The number of thiocarbonyl (C=S) groups is 1. The number of carbonyl (C=O) groups is 4. The van der Waals surface area contributed by atoms with Gasteiger partial charge in [0.05, 0.1) is 71.2 Å². The number of pyridine rings is 1. The van der Waals surface area contributed by atoms with Crippen LogP contribution in [-0.2, 0) is 41.4 Å². The molecule has 0 saturated carbocycles. The molecule has 2 aliphatic rings. The van der Waals surface area contributed by atoms with Crippen molar-refractivity contribution in [3.05, 3.63) is 88.4 Å². The summed E-state index contributed by atoms with van der Waals surface area (Å²) in [5, 5.41) is 25.1. The molecule has 16 nitrogen and oxygen atoms in total. The number of aryl methyl sites for hydroxylation is 1. The number of nitrogens with zero attached hydrogens (tertiary/aromatic N) is 6. The van der Waals surface area contributed by atoms with Crippen LogP contribution in [0.15, 0.2) is 60.2 Å². The van der Waals surface area contributed by atoms with E-state index >= 15 is 4.39 Å². The molecule has 4 heterocycles. The number of alkyl halides is 3. The van der Waals surface area contributed by atoms with E-state index in [-0.39, 0.29) is 56.9 Å². The minimum atomic E-state index is -5.20. The van der Waals surface area contributed by atoms with Gasteiger partial charge in [-0.25, -0.2) is 14.4 Å². The van der Waals surface area contributed by atoms with Crippen molar-refractivity contribution in [2.24, 2.45) is 5.41 Å². The first-order chi connectivity index (χ1) is 33.0. The predicted octanol–water partition coefficient (Wildman–Crippen LogP) is 6.46. The Morgan fingerprint density at radius 3 is 2.34 bits per heavy atom. The molecule has 70 heavy (non-hydrogen) atoms. The van der Waals surface area contributed by atoms with Crippen LogP contribution in [0.4, 0.5) is 28.9 Å². The predicted molar refractivity (Wildman–Crippen MR) is 255 cm³/mol. The summed E-state index contributed by atoms with van der Waals surface area (Å²) in [6.07, 6.45) is -3.50. The molecule has 22 heteroatoms. The first kappa shape index (κ1) is 53.2. The number of thiazole rings is 1. The average molecular weight is 1010 g/mol. The molecule has 2 aliphatic heterocycles. The minimum Gasteiger partial charge on any atom is -0.478 e. The minimum absolute atomic E-state index is 0.0549. The number of amides is 4. The molecule has 2 aromatic carbocycles. The number of β-amino-alcohol motifs (C(OH)–C–C–N with tert-alkyl or cyclic N) is 1. The zero-order valence-corrected chi connectivity index (χ0v) is 41.0. The fourth-order valence-electron chi connectivity index (χ4n) is 7.99. The lowest BCUT2D eigenvalue weighted by Crippen LogP contribution is -2.58. The molecule has 2 fully saturated rings. The Balaban J connectivity index is 0.891. The smallest absolute Gasteiger partial charge is 0.420 e. The molecule has 6 rings (SSSR count). The molecule has 0 radical (unpaired) electrons. The Kier molecular flexibility index (Phi) is 17.0. The molecule has 0 aliphatic carbocycles. The summed E-state index contributed by atoms with van der Waals surface area (Å²) in [6, 6.07) is 11.9. The second-order valence-electron chi connectivity index (χ2n) is 18.3. The summed E-state index contributed by atoms with van der Waals surface area (Å²) in [4.78, 5) is 66.8. The van der Waals surface area contributed by atoms with Crippen LogP contribution in [-0.4, -0.2) is 112 Å². The van der Waals surface area contributed by atoms with Gasteiger partial charge in [0.2, 0.25) is 23.6 Å². The zero-order chi connectivity index (χ0) is 51.1. The summed E-state index contributed by atoms with van der Waals surface area (Å²) in [5.74, 6) is -3.77. The van der Waals surface area contributed by atoms with Gasteiger partial charge in [0.15, 0.2) is 10.9 Å². The van der Waals surface area contributed by atoms with Gasteiger partial charge in [-0.1, -0.05) is 45.0 Å². The van der Waals surface area contributed by atoms with Crippen LogP contribution in [0.1, 0.15) is 76.3 Å². The van der Waals surface area contributed by atoms with Crippen LogP contribution in [0.25, 0.3) is 10.4 Å². The number of aliphatic hydroxyl groups is 1. The Labute approximate surface area is 411 Å². The topological polar surface area (TPSA) is 200 Å². The number of halogens is 4. The number of ether oxygens (including phenoxy) is 3. The van der Waals surface area contributed by atoms with E-state index in [4.69, 9.17) is 31.7 Å². The largest absolute Gasteiger partial charge is 0.478 e. The van der Waals surface area contributed by atoms with Gasteiger partial charge >= 0.3 is 6.18 Å². The van der Waals surface area contributed by atoms with Gasteiger partial charge in [-0.3, -0.25) is 24.1 Å². The van der Waals surface area contributed by atoms with Crippen LogP contribution in [0.3, 0.4) is 0 Å². The van der Waals surface area contributed by atoms with Crippen molar-refractivity contribution in [3.63, 3.8) is 0 Å². The number of likely N-dealkylation sites (tertiary alicyclic amines) is 1. The first-order valence-electron chi connectivity index (χ1n) is 22.3. The van der Waals surface area contributed by atoms with Crippen molar-refractivity contribution in [2.45, 2.75) is 97.3 Å². The number of benzene rings is 2. The van der Waals surface area contributed by atoms with Crippen molar-refractivity contribution in [1.29, 1.82) is 5.26 Å². The third-order valence-electron chi connectivity index (χ3n) is 11.7. The molecule has 0 unspecified atom stereocenters. The lowest BCUT2D eigenvalue weighted by atomic mass is 9.85. The molecule has 4 aromatic rings. The highest BCUT2D eigenvalue weighted by Crippen LogP contribution is 2.42. The number of rotatable bonds is 19. The fourth-order valence-corrected chi connectivity index (χ4v) is 9.32. The number of nitrogens with one attached hydrogen (secondary N) is 2. The number of aliphatic hydroxyl groups excluding tert-OH is 1. The van der Waals surface area contributed by atoms with E-state index in [2.05, 4.69) is 20.6 Å². The van der Waals surface area contributed by atoms with Crippen LogP contribution in [0.5, 0.6) is 5.88 Å². The summed E-state index contributed by atoms with van der Waals surface area (Å²) in [7, 11) is 0. The monoisotopic (exact) mass is 1010 g/mol. The van der Waals surface area contributed by atoms with Gasteiger partial charge in [-0.15, -0.1) is 11.3 Å². The molecule has 0 spiro atoms. The molecule has 3 atom stereocenters. The normalized spacial score (nSPS) is 17.4. The number of hydrogen-bond acceptors (Lipinski definition) is 13. The number of carbonyl (C=O) groups excluding carboxylic acids is 4. The van der Waals surface area contributed by atoms with Gasteiger partial charge in [0.25, 0.3) is 5.91 Å². The quantitative estimate of drug-likeness (QED) is 0.0526. The van der Waals surface area contributed by atoms with Gasteiger partial charge in [0.1, 0.15) is 29.8 Å². The fraction of sp³-hybridized carbons (Fsp3) is 0.458. The molecule has 2 aromatic heterocycles. The Hall–Kier alpha value is -6.12. The van der Waals surface area contributed by atoms with E-state index in [0.29, 0.717) is 30.0 Å². The molecule has 2 saturated heterocycles. The van der Waals surface area contributed by atoms with E-state index in [1.807, 2.05) is 31.2 Å². The Morgan fingerprint density at radius 1 is 1.01 bits per heavy atom. The summed E-state index contributed by atoms with van der Waals surface area (Å²) in [5.41, 5.74) is -0.726. The molecule has 0 bridgehead atoms. The molecular weight excluding hydrogens is 957 g/mol. The van der Waals surface area contributed by atoms with E-state index in [1.165, 1.54) is 42.0 Å². The number of nitriles is 1. The van der Waals surface area contributed by atoms with Crippen molar-refractivity contribution in [3.8, 4) is 22.4 Å². The van der Waals surface area contributed by atoms with Crippen LogP contribution in [0, 0.1) is 29.5 Å². The Bertz CT molecular complexity index is 2600. The number of unbranched alkanes of at least 4 members (excludes halogenated alkanes) is 1. The third kappa shape index (κ3) is 12.2. The van der Waals surface area contributed by atoms with Gasteiger partial charge in [-0.2, -0.15) is 18.4 Å².